The van der Waals surface area contributed by atoms with Gasteiger partial charge in [-0.3, -0.25) is 0 Å². The van der Waals surface area contributed by atoms with Crippen molar-refractivity contribution >= 4 is 34.7 Å². The number of carbonyl (C=O) groups excluding carboxylic acids is 2. The number of hydrogen-bond acceptors (Lipinski definition) is 4. The van der Waals surface area contributed by atoms with E-state index in [1.54, 1.807) is 32.9 Å². The highest BCUT2D eigenvalue weighted by Gasteiger charge is 2.23. The molecule has 0 aliphatic rings. The maximum Gasteiger partial charge on any atom is 0.419 e. The Balaban J connectivity index is 2.25. The van der Waals surface area contributed by atoms with Crippen LogP contribution in [0.25, 0.3) is 10.9 Å². The molecule has 0 saturated carbocycles. The Hall–Kier alpha value is -2.21. The predicted octanol–water partition coefficient (Wildman–Crippen LogP) is 5.15. The third-order valence-corrected chi connectivity index (χ3v) is 3.82. The second-order valence-electron chi connectivity index (χ2n) is 8.30. The number of alkyl carbamates (subject to hydrolysis) is 1. The van der Waals surface area contributed by atoms with Crippen LogP contribution >= 0.6 is 11.6 Å². The van der Waals surface area contributed by atoms with Crippen LogP contribution in [0.15, 0.2) is 24.3 Å². The molecule has 1 N–H and O–H groups in total. The van der Waals surface area contributed by atoms with Gasteiger partial charge in [-0.05, 0) is 59.7 Å². The molecule has 27 heavy (non-hydrogen) atoms. The van der Waals surface area contributed by atoms with Crippen molar-refractivity contribution in [3.63, 3.8) is 0 Å². The molecule has 0 bridgehead atoms. The van der Waals surface area contributed by atoms with Crippen molar-refractivity contribution in [2.75, 3.05) is 6.54 Å². The van der Waals surface area contributed by atoms with Crippen LogP contribution in [-0.2, 0) is 15.9 Å². The summed E-state index contributed by atoms with van der Waals surface area (Å²) in [6.07, 6.45) is -0.559. The Kier molecular flexibility index (Phi) is 6.10. The molecule has 0 spiro atoms. The Morgan fingerprint density at radius 1 is 1.07 bits per heavy atom. The van der Waals surface area contributed by atoms with Gasteiger partial charge in [-0.25, -0.2) is 14.2 Å². The van der Waals surface area contributed by atoms with Gasteiger partial charge in [0.2, 0.25) is 0 Å². The Labute approximate surface area is 164 Å². The Bertz CT molecular complexity index is 844. The molecule has 0 radical (unpaired) electrons. The summed E-state index contributed by atoms with van der Waals surface area (Å²) in [5.41, 5.74) is 0.175. The van der Waals surface area contributed by atoms with Gasteiger partial charge >= 0.3 is 12.2 Å². The fraction of sp³-hybridized carbons (Fsp3) is 0.500. The van der Waals surface area contributed by atoms with Crippen LogP contribution in [0.2, 0.25) is 5.02 Å². The first-order valence-corrected chi connectivity index (χ1v) is 9.24. The van der Waals surface area contributed by atoms with Crippen LogP contribution in [0.3, 0.4) is 0 Å². The van der Waals surface area contributed by atoms with Crippen molar-refractivity contribution in [1.82, 2.24) is 9.88 Å². The predicted molar refractivity (Wildman–Crippen MR) is 107 cm³/mol. The summed E-state index contributed by atoms with van der Waals surface area (Å²) in [5.74, 6) is 0. The molecule has 0 unspecified atom stereocenters. The van der Waals surface area contributed by atoms with Crippen LogP contribution in [0, 0.1) is 0 Å². The first kappa shape index (κ1) is 21.1. The number of ether oxygens (including phenoxy) is 2. The van der Waals surface area contributed by atoms with Gasteiger partial charge in [0.05, 0.1) is 5.52 Å². The lowest BCUT2D eigenvalue weighted by Crippen LogP contribution is -2.34. The lowest BCUT2D eigenvalue weighted by atomic mass is 10.2. The van der Waals surface area contributed by atoms with Gasteiger partial charge in [0.1, 0.15) is 11.2 Å². The molecule has 148 valence electrons. The summed E-state index contributed by atoms with van der Waals surface area (Å²) in [7, 11) is 0. The monoisotopic (exact) mass is 394 g/mol. The molecule has 0 aliphatic heterocycles. The molecule has 0 aliphatic carbocycles. The van der Waals surface area contributed by atoms with Gasteiger partial charge < -0.3 is 14.8 Å². The van der Waals surface area contributed by atoms with Crippen molar-refractivity contribution in [2.24, 2.45) is 0 Å². The van der Waals surface area contributed by atoms with Gasteiger partial charge in [-0.15, -0.1) is 0 Å². The number of nitrogens with one attached hydrogen (secondary N) is 1. The van der Waals surface area contributed by atoms with Gasteiger partial charge in [0.15, 0.2) is 0 Å². The van der Waals surface area contributed by atoms with E-state index in [1.165, 1.54) is 4.57 Å². The number of halogens is 1. The normalized spacial score (nSPS) is 12.1. The van der Waals surface area contributed by atoms with Crippen molar-refractivity contribution in [3.8, 4) is 0 Å². The van der Waals surface area contributed by atoms with E-state index < -0.39 is 23.4 Å². The summed E-state index contributed by atoms with van der Waals surface area (Å²) in [6.45, 7) is 11.2. The fourth-order valence-corrected chi connectivity index (χ4v) is 2.79. The zero-order valence-electron chi connectivity index (χ0n) is 16.7. The number of nitrogens with zero attached hydrogens (tertiary/aromatic N) is 1. The molecule has 1 aromatic heterocycles. The molecule has 0 fully saturated rings. The standard InChI is InChI=1S/C20H27ClN2O4/c1-19(2,3)26-17(24)22-11-10-13-12-14-15(21)8-7-9-16(14)23(13)18(25)27-20(4,5)6/h7-9,12H,10-11H2,1-6H3,(H,22,24). The average Bonchev–Trinajstić information content (AvgIpc) is 2.83. The SMILES string of the molecule is CC(C)(C)OC(=O)NCCc1cc2c(Cl)cccc2n1C(=O)OC(C)(C)C. The largest absolute Gasteiger partial charge is 0.444 e. The number of aromatic nitrogens is 1. The van der Waals surface area contributed by atoms with E-state index in [-0.39, 0.29) is 0 Å². The van der Waals surface area contributed by atoms with Gasteiger partial charge in [-0.1, -0.05) is 17.7 Å². The van der Waals surface area contributed by atoms with E-state index in [1.807, 2.05) is 32.9 Å². The number of rotatable bonds is 3. The molecule has 0 atom stereocenters. The van der Waals surface area contributed by atoms with Gasteiger partial charge in [0, 0.05) is 29.1 Å². The summed E-state index contributed by atoms with van der Waals surface area (Å²) < 4.78 is 12.3. The topological polar surface area (TPSA) is 69.6 Å². The number of benzene rings is 1. The van der Waals surface area contributed by atoms with Crippen LogP contribution < -0.4 is 5.32 Å². The van der Waals surface area contributed by atoms with E-state index in [9.17, 15) is 9.59 Å². The highest BCUT2D eigenvalue weighted by molar-refractivity contribution is 6.35. The minimum Gasteiger partial charge on any atom is -0.444 e. The average molecular weight is 395 g/mol. The summed E-state index contributed by atoms with van der Waals surface area (Å²) in [5, 5.41) is 4.01. The minimum atomic E-state index is -0.627. The molecular formula is C20H27ClN2O4. The Morgan fingerprint density at radius 3 is 2.30 bits per heavy atom. The van der Waals surface area contributed by atoms with Crippen LogP contribution in [-0.4, -0.2) is 34.5 Å². The van der Waals surface area contributed by atoms with Crippen molar-refractivity contribution in [3.05, 3.63) is 35.0 Å². The van der Waals surface area contributed by atoms with Crippen LogP contribution in [0.4, 0.5) is 9.59 Å². The Morgan fingerprint density at radius 2 is 1.70 bits per heavy atom. The van der Waals surface area contributed by atoms with Crippen molar-refractivity contribution in [2.45, 2.75) is 59.2 Å². The quantitative estimate of drug-likeness (QED) is 0.781. The van der Waals surface area contributed by atoms with E-state index in [2.05, 4.69) is 5.32 Å². The van der Waals surface area contributed by atoms with Gasteiger partial charge in [0.25, 0.3) is 0 Å². The molecule has 1 amide bonds. The molecular weight excluding hydrogens is 368 g/mol. The molecule has 2 aromatic rings. The summed E-state index contributed by atoms with van der Waals surface area (Å²) >= 11 is 6.28. The van der Waals surface area contributed by atoms with Crippen LogP contribution in [0.5, 0.6) is 0 Å². The molecule has 7 heteroatoms. The number of carbonyl (C=O) groups is 2. The second kappa shape index (κ2) is 7.80. The minimum absolute atomic E-state index is 0.311. The highest BCUT2D eigenvalue weighted by atomic mass is 35.5. The third kappa shape index (κ3) is 5.89. The molecule has 2 rings (SSSR count). The summed E-state index contributed by atoms with van der Waals surface area (Å²) in [4.78, 5) is 24.6. The van der Waals surface area contributed by atoms with E-state index in [4.69, 9.17) is 21.1 Å². The first-order valence-electron chi connectivity index (χ1n) is 8.86. The second-order valence-corrected chi connectivity index (χ2v) is 8.71. The highest BCUT2D eigenvalue weighted by Crippen LogP contribution is 2.28. The first-order chi connectivity index (χ1) is 12.4. The molecule has 1 aromatic carbocycles. The number of hydrogen-bond donors (Lipinski definition) is 1. The zero-order chi connectivity index (χ0) is 20.4. The molecule has 6 nitrogen and oxygen atoms in total. The van der Waals surface area contributed by atoms with Crippen LogP contribution in [0.1, 0.15) is 47.2 Å². The number of fused-ring (bicyclic) bond motifs is 1. The maximum atomic E-state index is 12.7. The van der Waals surface area contributed by atoms with Crippen molar-refractivity contribution < 1.29 is 19.1 Å². The summed E-state index contributed by atoms with van der Waals surface area (Å²) in [6, 6.07) is 7.22. The van der Waals surface area contributed by atoms with Gasteiger partial charge in [-0.2, -0.15) is 0 Å². The lowest BCUT2D eigenvalue weighted by molar-refractivity contribution is 0.0528. The smallest absolute Gasteiger partial charge is 0.419 e. The molecule has 1 heterocycles. The molecule has 0 saturated heterocycles. The van der Waals surface area contributed by atoms with E-state index >= 15 is 0 Å². The zero-order valence-corrected chi connectivity index (χ0v) is 17.4. The fourth-order valence-electron chi connectivity index (χ4n) is 2.56. The third-order valence-electron chi connectivity index (χ3n) is 3.49. The lowest BCUT2D eigenvalue weighted by Gasteiger charge is -2.21. The van der Waals surface area contributed by atoms with E-state index in [0.29, 0.717) is 29.2 Å². The van der Waals surface area contributed by atoms with E-state index in [0.717, 1.165) is 5.39 Å². The maximum absolute atomic E-state index is 12.7. The van der Waals surface area contributed by atoms with Crippen molar-refractivity contribution in [1.29, 1.82) is 0 Å². The number of amides is 1.